The van der Waals surface area contributed by atoms with Gasteiger partial charge in [0.25, 0.3) is 0 Å². The average molecular weight is 410 g/mol. The van der Waals surface area contributed by atoms with Crippen LogP contribution in [0, 0.1) is 5.92 Å². The summed E-state index contributed by atoms with van der Waals surface area (Å²) < 4.78 is 23.9. The number of fused-ring (bicyclic) bond motifs is 1. The van der Waals surface area contributed by atoms with Crippen LogP contribution in [0.3, 0.4) is 0 Å². The second-order valence-corrected chi connectivity index (χ2v) is 10.2. The zero-order valence-electron chi connectivity index (χ0n) is 14.9. The second kappa shape index (κ2) is 8.79. The molecule has 1 aliphatic heterocycles. The van der Waals surface area contributed by atoms with E-state index in [4.69, 9.17) is 0 Å². The number of benzene rings is 1. The van der Waals surface area contributed by atoms with Crippen LogP contribution in [0.2, 0.25) is 0 Å². The predicted molar refractivity (Wildman–Crippen MR) is 105 cm³/mol. The van der Waals surface area contributed by atoms with Gasteiger partial charge in [-0.1, -0.05) is 12.1 Å². The molecule has 0 aliphatic carbocycles. The number of sulfone groups is 1. The molecule has 2 N–H and O–H groups in total. The maximum absolute atomic E-state index is 11.8. The van der Waals surface area contributed by atoms with Crippen molar-refractivity contribution >= 4 is 43.2 Å². The summed E-state index contributed by atoms with van der Waals surface area (Å²) in [5, 5.41) is 1.07. The van der Waals surface area contributed by atoms with E-state index in [1.54, 1.807) is 11.3 Å². The molecule has 1 aliphatic rings. The topological polar surface area (TPSA) is 105 Å². The zero-order chi connectivity index (χ0) is 19.3. The summed E-state index contributed by atoms with van der Waals surface area (Å²) in [5.74, 6) is -0.543. The number of hydrogen-bond acceptors (Lipinski definition) is 6. The molecule has 1 unspecified atom stereocenters. The lowest BCUT2D eigenvalue weighted by Crippen LogP contribution is -2.42. The average Bonchev–Trinajstić information content (AvgIpc) is 3.19. The highest BCUT2D eigenvalue weighted by molar-refractivity contribution is 7.91. The van der Waals surface area contributed by atoms with E-state index in [1.807, 2.05) is 24.3 Å². The van der Waals surface area contributed by atoms with Crippen molar-refractivity contribution in [2.75, 3.05) is 11.5 Å². The smallest absolute Gasteiger partial charge is 0.238 e. The molecule has 146 valence electrons. The Morgan fingerprint density at radius 1 is 1.15 bits per heavy atom. The first-order valence-electron chi connectivity index (χ1n) is 9.04. The third kappa shape index (κ3) is 6.00. The minimum Gasteiger partial charge on any atom is -0.273 e. The van der Waals surface area contributed by atoms with Crippen molar-refractivity contribution < 1.29 is 18.0 Å². The maximum atomic E-state index is 11.8. The Kier molecular flexibility index (Phi) is 6.43. The van der Waals surface area contributed by atoms with E-state index in [0.29, 0.717) is 19.3 Å². The first-order valence-corrected chi connectivity index (χ1v) is 11.7. The zero-order valence-corrected chi connectivity index (χ0v) is 16.6. The summed E-state index contributed by atoms with van der Waals surface area (Å²) >= 11 is 1.67. The van der Waals surface area contributed by atoms with Gasteiger partial charge in [0.05, 0.1) is 26.7 Å². The number of carbonyl (C=O) groups excluding carboxylic acids is 2. The van der Waals surface area contributed by atoms with Crippen LogP contribution in [-0.2, 0) is 25.8 Å². The Labute approximate surface area is 162 Å². The molecule has 1 fully saturated rings. The molecular formula is C18H23N3O4S2. The van der Waals surface area contributed by atoms with Crippen molar-refractivity contribution in [1.82, 2.24) is 15.8 Å². The van der Waals surface area contributed by atoms with Gasteiger partial charge >= 0.3 is 0 Å². The van der Waals surface area contributed by atoms with Gasteiger partial charge in [0.1, 0.15) is 0 Å². The first kappa shape index (κ1) is 19.8. The fourth-order valence-electron chi connectivity index (χ4n) is 3.14. The molecule has 0 radical (unpaired) electrons. The Bertz CT molecular complexity index is 891. The number of nitrogens with zero attached hydrogens (tertiary/aromatic N) is 1. The Morgan fingerprint density at radius 3 is 2.67 bits per heavy atom. The number of para-hydroxylation sites is 1. The summed E-state index contributed by atoms with van der Waals surface area (Å²) in [4.78, 5) is 28.2. The van der Waals surface area contributed by atoms with Crippen LogP contribution >= 0.6 is 11.3 Å². The summed E-state index contributed by atoms with van der Waals surface area (Å²) in [6.07, 6.45) is 3.34. The van der Waals surface area contributed by atoms with Crippen molar-refractivity contribution in [1.29, 1.82) is 0 Å². The lowest BCUT2D eigenvalue weighted by molar-refractivity contribution is -0.129. The van der Waals surface area contributed by atoms with Crippen molar-refractivity contribution in [2.24, 2.45) is 5.92 Å². The number of rotatable bonds is 7. The molecule has 1 aromatic carbocycles. The Morgan fingerprint density at radius 2 is 1.93 bits per heavy atom. The van der Waals surface area contributed by atoms with Crippen LogP contribution in [0.1, 0.15) is 37.1 Å². The summed E-state index contributed by atoms with van der Waals surface area (Å²) in [6.45, 7) is 0. The molecule has 27 heavy (non-hydrogen) atoms. The number of aromatic nitrogens is 1. The van der Waals surface area contributed by atoms with Crippen LogP contribution in [0.15, 0.2) is 24.3 Å². The first-order chi connectivity index (χ1) is 12.9. The normalized spacial score (nSPS) is 18.4. The van der Waals surface area contributed by atoms with E-state index >= 15 is 0 Å². The fraction of sp³-hybridized carbons (Fsp3) is 0.500. The van der Waals surface area contributed by atoms with Gasteiger partial charge < -0.3 is 0 Å². The summed E-state index contributed by atoms with van der Waals surface area (Å²) in [5.41, 5.74) is 5.77. The van der Waals surface area contributed by atoms with Gasteiger partial charge in [-0.2, -0.15) is 0 Å². The van der Waals surface area contributed by atoms with E-state index in [9.17, 15) is 18.0 Å². The van der Waals surface area contributed by atoms with Crippen LogP contribution in [0.25, 0.3) is 10.2 Å². The van der Waals surface area contributed by atoms with E-state index in [-0.39, 0.29) is 35.7 Å². The molecule has 1 atom stereocenters. The maximum Gasteiger partial charge on any atom is 0.238 e. The molecular weight excluding hydrogens is 386 g/mol. The highest BCUT2D eigenvalue weighted by Gasteiger charge is 2.29. The summed E-state index contributed by atoms with van der Waals surface area (Å²) in [6, 6.07) is 8.00. The van der Waals surface area contributed by atoms with Crippen LogP contribution in [0.4, 0.5) is 0 Å². The third-order valence-corrected chi connectivity index (χ3v) is 7.46. The molecule has 1 saturated heterocycles. The number of thiazole rings is 1. The molecule has 7 nitrogen and oxygen atoms in total. The van der Waals surface area contributed by atoms with Crippen LogP contribution in [-0.4, -0.2) is 36.7 Å². The Balaban J connectivity index is 1.30. The van der Waals surface area contributed by atoms with Gasteiger partial charge in [0.15, 0.2) is 9.84 Å². The number of hydrogen-bond donors (Lipinski definition) is 2. The molecule has 2 aromatic rings. The Hall–Kier alpha value is -2.00. The minimum atomic E-state index is -2.99. The highest BCUT2D eigenvalue weighted by atomic mass is 32.2. The minimum absolute atomic E-state index is 0.0557. The van der Waals surface area contributed by atoms with Crippen LogP contribution < -0.4 is 10.9 Å². The van der Waals surface area contributed by atoms with E-state index in [1.165, 1.54) is 4.70 Å². The van der Waals surface area contributed by atoms with Gasteiger partial charge in [-0.05, 0) is 43.7 Å². The monoisotopic (exact) mass is 409 g/mol. The molecule has 0 spiro atoms. The lowest BCUT2D eigenvalue weighted by Gasteiger charge is -2.09. The van der Waals surface area contributed by atoms with E-state index < -0.39 is 9.84 Å². The van der Waals surface area contributed by atoms with Crippen molar-refractivity contribution in [3.8, 4) is 0 Å². The second-order valence-electron chi connectivity index (χ2n) is 6.85. The van der Waals surface area contributed by atoms with Crippen molar-refractivity contribution in [2.45, 2.75) is 38.5 Å². The molecule has 1 aromatic heterocycles. The quantitative estimate of drug-likeness (QED) is 0.537. The number of hydrazine groups is 1. The number of unbranched alkanes of at least 4 members (excludes halogenated alkanes) is 1. The molecule has 2 heterocycles. The van der Waals surface area contributed by atoms with E-state index in [2.05, 4.69) is 15.8 Å². The third-order valence-electron chi connectivity index (χ3n) is 4.52. The largest absolute Gasteiger partial charge is 0.273 e. The number of carbonyl (C=O) groups is 2. The van der Waals surface area contributed by atoms with Gasteiger partial charge in [-0.3, -0.25) is 20.4 Å². The van der Waals surface area contributed by atoms with Crippen molar-refractivity contribution in [3.63, 3.8) is 0 Å². The molecule has 2 amide bonds. The molecule has 3 rings (SSSR count). The van der Waals surface area contributed by atoms with Gasteiger partial charge in [-0.15, -0.1) is 11.3 Å². The number of nitrogens with one attached hydrogen (secondary N) is 2. The van der Waals surface area contributed by atoms with Gasteiger partial charge in [0, 0.05) is 12.8 Å². The van der Waals surface area contributed by atoms with Gasteiger partial charge in [0.2, 0.25) is 11.8 Å². The van der Waals surface area contributed by atoms with Gasteiger partial charge in [-0.25, -0.2) is 13.4 Å². The summed E-state index contributed by atoms with van der Waals surface area (Å²) in [7, 11) is -2.99. The molecule has 0 bridgehead atoms. The number of amides is 2. The van der Waals surface area contributed by atoms with Crippen LogP contribution in [0.5, 0.6) is 0 Å². The lowest BCUT2D eigenvalue weighted by atomic mass is 10.1. The molecule has 0 saturated carbocycles. The number of aryl methyl sites for hydroxylation is 1. The SMILES string of the molecule is O=C(CCCCc1nc2ccccc2s1)NNC(=O)CC1CCS(=O)(=O)C1. The fourth-order valence-corrected chi connectivity index (χ4v) is 6.01. The predicted octanol–water partition coefficient (Wildman–Crippen LogP) is 1.98. The standard InChI is InChI=1S/C18H23N3O4S2/c22-16(20-21-17(23)11-13-9-10-27(24,25)12-13)7-3-4-8-18-19-14-5-1-2-6-15(14)26-18/h1-2,5-6,13H,3-4,7-12H2,(H,20,22)(H,21,23). The highest BCUT2D eigenvalue weighted by Crippen LogP contribution is 2.23. The van der Waals surface area contributed by atoms with E-state index in [0.717, 1.165) is 23.4 Å². The molecule has 9 heteroatoms. The van der Waals surface area contributed by atoms with Crippen molar-refractivity contribution in [3.05, 3.63) is 29.3 Å².